The lowest BCUT2D eigenvalue weighted by Crippen LogP contribution is -2.44. The fourth-order valence-electron chi connectivity index (χ4n) is 3.21. The molecule has 1 aromatic carbocycles. The molecule has 0 atom stereocenters. The summed E-state index contributed by atoms with van der Waals surface area (Å²) in [7, 11) is 1.82. The van der Waals surface area contributed by atoms with Crippen LogP contribution in [0.1, 0.15) is 5.56 Å². The molecule has 0 amide bonds. The van der Waals surface area contributed by atoms with Crippen LogP contribution in [0.4, 0.5) is 5.69 Å². The predicted molar refractivity (Wildman–Crippen MR) is 127 cm³/mol. The Kier molecular flexibility index (Phi) is 10.6. The van der Waals surface area contributed by atoms with Crippen LogP contribution in [-0.4, -0.2) is 81.9 Å². The molecule has 0 unspecified atom stereocenters. The third-order valence-electron chi connectivity index (χ3n) is 4.82. The Hall–Kier alpha value is -0.710. The zero-order valence-corrected chi connectivity index (χ0v) is 19.3. The van der Waals surface area contributed by atoms with E-state index >= 15 is 0 Å². The summed E-state index contributed by atoms with van der Waals surface area (Å²) in [6.45, 7) is 8.75. The molecule has 0 aromatic heterocycles. The summed E-state index contributed by atoms with van der Waals surface area (Å²) in [5.41, 5.74) is 2.61. The third-order valence-corrected chi connectivity index (χ3v) is 5.76. The number of nitrogens with one attached hydrogen (secondary N) is 2. The van der Waals surface area contributed by atoms with Gasteiger partial charge in [-0.1, -0.05) is 12.1 Å². The molecule has 2 N–H and O–H groups in total. The van der Waals surface area contributed by atoms with E-state index in [1.54, 1.807) is 0 Å². The zero-order valence-electron chi connectivity index (χ0n) is 16.2. The molecule has 2 aliphatic heterocycles. The van der Waals surface area contributed by atoms with Gasteiger partial charge in [0.1, 0.15) is 0 Å². The average Bonchev–Trinajstić information content (AvgIpc) is 2.72. The molecule has 2 fully saturated rings. The quantitative estimate of drug-likeness (QED) is 0.350. The summed E-state index contributed by atoms with van der Waals surface area (Å²) in [6, 6.07) is 8.90. The Morgan fingerprint density at radius 1 is 1.07 bits per heavy atom. The Balaban J connectivity index is 0.00000261. The minimum Gasteiger partial charge on any atom is -0.379 e. The molecule has 0 bridgehead atoms. The molecule has 8 heteroatoms. The molecule has 27 heavy (non-hydrogen) atoms. The van der Waals surface area contributed by atoms with E-state index in [1.165, 1.54) is 22.8 Å². The van der Waals surface area contributed by atoms with E-state index in [9.17, 15) is 0 Å². The predicted octanol–water partition coefficient (Wildman–Crippen LogP) is 1.86. The topological polar surface area (TPSA) is 52.1 Å². The highest BCUT2D eigenvalue weighted by molar-refractivity contribution is 14.0. The number of ether oxygens (including phenoxy) is 1. The van der Waals surface area contributed by atoms with Crippen LogP contribution in [0.15, 0.2) is 29.3 Å². The van der Waals surface area contributed by atoms with E-state index in [0.29, 0.717) is 0 Å². The van der Waals surface area contributed by atoms with Crippen LogP contribution in [-0.2, 0) is 11.3 Å². The second kappa shape index (κ2) is 12.7. The van der Waals surface area contributed by atoms with Crippen molar-refractivity contribution in [1.29, 1.82) is 0 Å². The molecule has 3 rings (SSSR count). The Labute approximate surface area is 184 Å². The number of guanidine groups is 1. The van der Waals surface area contributed by atoms with Crippen LogP contribution in [0.5, 0.6) is 0 Å². The van der Waals surface area contributed by atoms with Crippen molar-refractivity contribution in [1.82, 2.24) is 15.5 Å². The van der Waals surface area contributed by atoms with Crippen molar-refractivity contribution in [2.24, 2.45) is 4.99 Å². The van der Waals surface area contributed by atoms with E-state index in [4.69, 9.17) is 4.74 Å². The second-order valence-corrected chi connectivity index (χ2v) is 7.80. The standard InChI is InChI=1S/C19H31N5OS.HI/c1-20-19(21-6-7-23-8-12-25-13-9-23)22-16-17-2-4-18(5-3-17)24-10-14-26-15-11-24;/h2-5H,6-16H2,1H3,(H2,20,21,22);1H. The Bertz CT molecular complexity index is 560. The molecule has 1 aromatic rings. The minimum absolute atomic E-state index is 0. The Morgan fingerprint density at radius 3 is 2.44 bits per heavy atom. The summed E-state index contributed by atoms with van der Waals surface area (Å²) in [6.07, 6.45) is 0. The van der Waals surface area contributed by atoms with Gasteiger partial charge in [0.05, 0.1) is 13.2 Å². The van der Waals surface area contributed by atoms with Gasteiger partial charge in [-0.25, -0.2) is 0 Å². The van der Waals surface area contributed by atoms with Gasteiger partial charge >= 0.3 is 0 Å². The molecule has 2 saturated heterocycles. The average molecular weight is 505 g/mol. The number of anilines is 1. The van der Waals surface area contributed by atoms with Gasteiger partial charge in [0.25, 0.3) is 0 Å². The van der Waals surface area contributed by atoms with Crippen LogP contribution in [0.2, 0.25) is 0 Å². The molecule has 6 nitrogen and oxygen atoms in total. The van der Waals surface area contributed by atoms with Crippen LogP contribution in [0.25, 0.3) is 0 Å². The van der Waals surface area contributed by atoms with Crippen molar-refractivity contribution < 1.29 is 4.74 Å². The molecule has 0 radical (unpaired) electrons. The number of morpholine rings is 1. The number of thioether (sulfide) groups is 1. The monoisotopic (exact) mass is 505 g/mol. The number of nitrogens with zero attached hydrogens (tertiary/aromatic N) is 3. The summed E-state index contributed by atoms with van der Waals surface area (Å²) < 4.78 is 5.38. The zero-order chi connectivity index (χ0) is 18.0. The fraction of sp³-hybridized carbons (Fsp3) is 0.632. The molecular formula is C19H32IN5OS. The van der Waals surface area contributed by atoms with Gasteiger partial charge in [-0.3, -0.25) is 9.89 Å². The molecule has 2 heterocycles. The Morgan fingerprint density at radius 2 is 1.78 bits per heavy atom. The molecular weight excluding hydrogens is 473 g/mol. The van der Waals surface area contributed by atoms with Crippen LogP contribution in [0, 0.1) is 0 Å². The van der Waals surface area contributed by atoms with Crippen LogP contribution >= 0.6 is 35.7 Å². The van der Waals surface area contributed by atoms with Crippen molar-refractivity contribution in [2.45, 2.75) is 6.54 Å². The lowest BCUT2D eigenvalue weighted by atomic mass is 10.2. The van der Waals surface area contributed by atoms with Crippen LogP contribution < -0.4 is 15.5 Å². The van der Waals surface area contributed by atoms with Gasteiger partial charge in [0, 0.05) is 70.1 Å². The van der Waals surface area contributed by atoms with Gasteiger partial charge in [-0.15, -0.1) is 24.0 Å². The maximum absolute atomic E-state index is 5.38. The number of hydrogen-bond acceptors (Lipinski definition) is 5. The first-order chi connectivity index (χ1) is 12.8. The lowest BCUT2D eigenvalue weighted by Gasteiger charge is -2.28. The van der Waals surface area contributed by atoms with E-state index in [0.717, 1.165) is 65.0 Å². The van der Waals surface area contributed by atoms with Gasteiger partial charge in [0.2, 0.25) is 0 Å². The summed E-state index contributed by atoms with van der Waals surface area (Å²) in [5.74, 6) is 3.32. The van der Waals surface area contributed by atoms with Gasteiger partial charge in [-0.05, 0) is 17.7 Å². The first-order valence-corrected chi connectivity index (χ1v) is 10.7. The summed E-state index contributed by atoms with van der Waals surface area (Å²) in [4.78, 5) is 9.21. The lowest BCUT2D eigenvalue weighted by molar-refractivity contribution is 0.0389. The number of aliphatic imine (C=N–C) groups is 1. The largest absolute Gasteiger partial charge is 0.379 e. The normalized spacial score (nSPS) is 18.7. The van der Waals surface area contributed by atoms with Crippen molar-refractivity contribution in [3.8, 4) is 0 Å². The molecule has 0 spiro atoms. The second-order valence-electron chi connectivity index (χ2n) is 6.57. The van der Waals surface area contributed by atoms with Gasteiger partial charge in [-0.2, -0.15) is 11.8 Å². The highest BCUT2D eigenvalue weighted by atomic mass is 127. The van der Waals surface area contributed by atoms with Crippen LogP contribution in [0.3, 0.4) is 0 Å². The third kappa shape index (κ3) is 7.67. The van der Waals surface area contributed by atoms with Gasteiger partial charge < -0.3 is 20.3 Å². The number of halogens is 1. The maximum Gasteiger partial charge on any atom is 0.191 e. The van der Waals surface area contributed by atoms with Crippen molar-refractivity contribution in [2.75, 3.05) is 75.9 Å². The smallest absolute Gasteiger partial charge is 0.191 e. The number of hydrogen-bond donors (Lipinski definition) is 2. The molecule has 0 aliphatic carbocycles. The van der Waals surface area contributed by atoms with Crippen molar-refractivity contribution in [3.05, 3.63) is 29.8 Å². The fourth-order valence-corrected chi connectivity index (χ4v) is 4.11. The molecule has 152 valence electrons. The van der Waals surface area contributed by atoms with E-state index in [-0.39, 0.29) is 24.0 Å². The minimum atomic E-state index is 0. The maximum atomic E-state index is 5.38. The van der Waals surface area contributed by atoms with Gasteiger partial charge in [0.15, 0.2) is 5.96 Å². The molecule has 0 saturated carbocycles. The highest BCUT2D eigenvalue weighted by Crippen LogP contribution is 2.19. The van der Waals surface area contributed by atoms with E-state index in [2.05, 4.69) is 49.7 Å². The van der Waals surface area contributed by atoms with E-state index in [1.807, 2.05) is 18.8 Å². The van der Waals surface area contributed by atoms with Crippen molar-refractivity contribution in [3.63, 3.8) is 0 Å². The van der Waals surface area contributed by atoms with Crippen molar-refractivity contribution >= 4 is 47.4 Å². The van der Waals surface area contributed by atoms with E-state index < -0.39 is 0 Å². The molecule has 2 aliphatic rings. The first kappa shape index (κ1) is 22.6. The number of rotatable bonds is 6. The number of benzene rings is 1. The SMILES string of the molecule is CN=C(NCCN1CCOCC1)NCc1ccc(N2CCSCC2)cc1.I. The first-order valence-electron chi connectivity index (χ1n) is 9.51. The summed E-state index contributed by atoms with van der Waals surface area (Å²) >= 11 is 2.04. The highest BCUT2D eigenvalue weighted by Gasteiger charge is 2.11. The summed E-state index contributed by atoms with van der Waals surface area (Å²) in [5, 5.41) is 6.80.